The zero-order chi connectivity index (χ0) is 13.1. The SMILES string of the molecule is CC(N)Cc1cn(Cc2cccc(F)c2F)cn1. The fourth-order valence-electron chi connectivity index (χ4n) is 1.80. The highest BCUT2D eigenvalue weighted by Gasteiger charge is 2.09. The third kappa shape index (κ3) is 2.92. The highest BCUT2D eigenvalue weighted by Crippen LogP contribution is 2.13. The second kappa shape index (κ2) is 5.27. The van der Waals surface area contributed by atoms with Gasteiger partial charge < -0.3 is 10.3 Å². The minimum Gasteiger partial charge on any atom is -0.333 e. The van der Waals surface area contributed by atoms with E-state index >= 15 is 0 Å². The second-order valence-electron chi connectivity index (χ2n) is 4.43. The van der Waals surface area contributed by atoms with Crippen molar-refractivity contribution in [3.8, 4) is 0 Å². The number of halogens is 2. The first-order valence-corrected chi connectivity index (χ1v) is 5.75. The minimum atomic E-state index is -0.830. The fraction of sp³-hybridized carbons (Fsp3) is 0.308. The van der Waals surface area contributed by atoms with Crippen molar-refractivity contribution in [1.29, 1.82) is 0 Å². The minimum absolute atomic E-state index is 0.0271. The van der Waals surface area contributed by atoms with Crippen molar-refractivity contribution < 1.29 is 8.78 Å². The monoisotopic (exact) mass is 251 g/mol. The first-order valence-electron chi connectivity index (χ1n) is 5.75. The van der Waals surface area contributed by atoms with Gasteiger partial charge in [-0.15, -0.1) is 0 Å². The Balaban J connectivity index is 2.14. The van der Waals surface area contributed by atoms with Gasteiger partial charge in [-0.2, -0.15) is 0 Å². The van der Waals surface area contributed by atoms with Crippen LogP contribution >= 0.6 is 0 Å². The number of hydrogen-bond donors (Lipinski definition) is 1. The van der Waals surface area contributed by atoms with Gasteiger partial charge in [-0.1, -0.05) is 12.1 Å². The summed E-state index contributed by atoms with van der Waals surface area (Å²) >= 11 is 0. The van der Waals surface area contributed by atoms with E-state index in [1.807, 2.05) is 6.92 Å². The zero-order valence-electron chi connectivity index (χ0n) is 10.1. The number of aromatic nitrogens is 2. The van der Waals surface area contributed by atoms with Crippen LogP contribution in [0.15, 0.2) is 30.7 Å². The summed E-state index contributed by atoms with van der Waals surface area (Å²) in [7, 11) is 0. The number of rotatable bonds is 4. The van der Waals surface area contributed by atoms with E-state index in [-0.39, 0.29) is 12.6 Å². The molecule has 1 aromatic heterocycles. The van der Waals surface area contributed by atoms with Crippen molar-refractivity contribution in [2.24, 2.45) is 5.73 Å². The topological polar surface area (TPSA) is 43.8 Å². The van der Waals surface area contributed by atoms with E-state index in [0.717, 1.165) is 11.8 Å². The number of imidazole rings is 1. The molecule has 0 radical (unpaired) electrons. The number of hydrogen-bond acceptors (Lipinski definition) is 2. The molecule has 0 saturated carbocycles. The van der Waals surface area contributed by atoms with Gasteiger partial charge in [-0.3, -0.25) is 0 Å². The van der Waals surface area contributed by atoms with Gasteiger partial charge in [-0.25, -0.2) is 13.8 Å². The summed E-state index contributed by atoms with van der Waals surface area (Å²) in [4.78, 5) is 4.17. The maximum Gasteiger partial charge on any atom is 0.163 e. The summed E-state index contributed by atoms with van der Waals surface area (Å²) in [5.74, 6) is -1.64. The Morgan fingerprint density at radius 2 is 2.17 bits per heavy atom. The second-order valence-corrected chi connectivity index (χ2v) is 4.43. The lowest BCUT2D eigenvalue weighted by atomic mass is 10.2. The van der Waals surface area contributed by atoms with Gasteiger partial charge in [-0.05, 0) is 13.0 Å². The molecule has 1 heterocycles. The highest BCUT2D eigenvalue weighted by atomic mass is 19.2. The summed E-state index contributed by atoms with van der Waals surface area (Å²) in [5.41, 5.74) is 6.83. The van der Waals surface area contributed by atoms with Gasteiger partial charge >= 0.3 is 0 Å². The molecule has 0 spiro atoms. The number of nitrogens with zero attached hydrogens (tertiary/aromatic N) is 2. The van der Waals surface area contributed by atoms with E-state index in [1.165, 1.54) is 6.07 Å². The lowest BCUT2D eigenvalue weighted by Crippen LogP contribution is -2.17. The molecule has 0 aliphatic carbocycles. The average molecular weight is 251 g/mol. The fourth-order valence-corrected chi connectivity index (χ4v) is 1.80. The lowest BCUT2D eigenvalue weighted by Gasteiger charge is -2.04. The van der Waals surface area contributed by atoms with Gasteiger partial charge in [0.15, 0.2) is 11.6 Å². The first-order chi connectivity index (χ1) is 8.56. The molecular weight excluding hydrogens is 236 g/mol. The molecule has 2 aromatic rings. The summed E-state index contributed by atoms with van der Waals surface area (Å²) in [6.07, 6.45) is 4.06. The molecule has 5 heteroatoms. The van der Waals surface area contributed by atoms with E-state index in [0.29, 0.717) is 12.0 Å². The van der Waals surface area contributed by atoms with E-state index in [9.17, 15) is 8.78 Å². The van der Waals surface area contributed by atoms with E-state index < -0.39 is 11.6 Å². The molecule has 3 nitrogen and oxygen atoms in total. The molecule has 0 amide bonds. The molecule has 96 valence electrons. The summed E-state index contributed by atoms with van der Waals surface area (Å²) < 4.78 is 28.2. The summed E-state index contributed by atoms with van der Waals surface area (Å²) in [6, 6.07) is 4.19. The Bertz CT molecular complexity index is 535. The molecular formula is C13H15F2N3. The van der Waals surface area contributed by atoms with Crippen LogP contribution < -0.4 is 5.73 Å². The maximum absolute atomic E-state index is 13.5. The third-order valence-electron chi connectivity index (χ3n) is 2.60. The van der Waals surface area contributed by atoms with Crippen LogP contribution in [0.5, 0.6) is 0 Å². The Kier molecular flexibility index (Phi) is 3.72. The van der Waals surface area contributed by atoms with Crippen molar-refractivity contribution in [3.63, 3.8) is 0 Å². The quantitative estimate of drug-likeness (QED) is 0.904. The van der Waals surface area contributed by atoms with Gasteiger partial charge in [0.2, 0.25) is 0 Å². The Labute approximate surface area is 104 Å². The van der Waals surface area contributed by atoms with Gasteiger partial charge in [0.05, 0.1) is 18.6 Å². The van der Waals surface area contributed by atoms with Crippen LogP contribution in [0.3, 0.4) is 0 Å². The van der Waals surface area contributed by atoms with Crippen LogP contribution in [0.25, 0.3) is 0 Å². The van der Waals surface area contributed by atoms with Gasteiger partial charge in [0.1, 0.15) is 0 Å². The average Bonchev–Trinajstić information content (AvgIpc) is 2.71. The molecule has 1 unspecified atom stereocenters. The maximum atomic E-state index is 13.5. The van der Waals surface area contributed by atoms with Crippen molar-refractivity contribution in [2.75, 3.05) is 0 Å². The summed E-state index contributed by atoms with van der Waals surface area (Å²) in [5, 5.41) is 0. The molecule has 0 fully saturated rings. The first kappa shape index (κ1) is 12.7. The van der Waals surface area contributed by atoms with Crippen LogP contribution in [0.4, 0.5) is 8.78 Å². The predicted octanol–water partition coefficient (Wildman–Crippen LogP) is 2.10. The Hall–Kier alpha value is -1.75. The Morgan fingerprint density at radius 1 is 1.39 bits per heavy atom. The zero-order valence-corrected chi connectivity index (χ0v) is 10.1. The van der Waals surface area contributed by atoms with Gasteiger partial charge in [0, 0.05) is 24.2 Å². The molecule has 0 saturated heterocycles. The van der Waals surface area contributed by atoms with Crippen molar-refractivity contribution >= 4 is 0 Å². The molecule has 1 aromatic carbocycles. The summed E-state index contributed by atoms with van der Waals surface area (Å²) in [6.45, 7) is 2.15. The van der Waals surface area contributed by atoms with E-state index in [4.69, 9.17) is 5.73 Å². The van der Waals surface area contributed by atoms with Gasteiger partial charge in [0.25, 0.3) is 0 Å². The van der Waals surface area contributed by atoms with Crippen LogP contribution in [0.1, 0.15) is 18.2 Å². The van der Waals surface area contributed by atoms with Crippen molar-refractivity contribution in [3.05, 3.63) is 53.6 Å². The van der Waals surface area contributed by atoms with E-state index in [2.05, 4.69) is 4.98 Å². The van der Waals surface area contributed by atoms with Crippen LogP contribution in [0, 0.1) is 11.6 Å². The standard InChI is InChI=1S/C13H15F2N3/c1-9(16)5-11-7-18(8-17-11)6-10-3-2-4-12(14)13(10)15/h2-4,7-9H,5-6,16H2,1H3. The number of benzene rings is 1. The molecule has 1 atom stereocenters. The molecule has 2 N–H and O–H groups in total. The van der Waals surface area contributed by atoms with E-state index in [1.54, 1.807) is 23.2 Å². The predicted molar refractivity (Wildman–Crippen MR) is 65.0 cm³/mol. The Morgan fingerprint density at radius 3 is 2.89 bits per heavy atom. The van der Waals surface area contributed by atoms with Crippen molar-refractivity contribution in [1.82, 2.24) is 9.55 Å². The lowest BCUT2D eigenvalue weighted by molar-refractivity contribution is 0.495. The normalized spacial score (nSPS) is 12.7. The smallest absolute Gasteiger partial charge is 0.163 e. The molecule has 18 heavy (non-hydrogen) atoms. The molecule has 2 rings (SSSR count). The molecule has 0 aliphatic heterocycles. The van der Waals surface area contributed by atoms with Crippen LogP contribution in [-0.4, -0.2) is 15.6 Å². The van der Waals surface area contributed by atoms with Crippen LogP contribution in [-0.2, 0) is 13.0 Å². The third-order valence-corrected chi connectivity index (χ3v) is 2.60. The molecule has 0 aliphatic rings. The molecule has 0 bridgehead atoms. The van der Waals surface area contributed by atoms with Crippen molar-refractivity contribution in [2.45, 2.75) is 25.9 Å². The number of nitrogens with two attached hydrogens (primary N) is 1. The highest BCUT2D eigenvalue weighted by molar-refractivity contribution is 5.19. The van der Waals surface area contributed by atoms with Crippen LogP contribution in [0.2, 0.25) is 0 Å². The largest absolute Gasteiger partial charge is 0.333 e.